The highest BCUT2D eigenvalue weighted by Gasteiger charge is 2.53. The van der Waals surface area contributed by atoms with E-state index in [-0.39, 0.29) is 5.91 Å². The molecular formula is C21H25N5O. The normalized spacial score (nSPS) is 23.2. The number of fused-ring (bicyclic) bond motifs is 3. The van der Waals surface area contributed by atoms with Crippen LogP contribution in [-0.2, 0) is 17.6 Å². The lowest BCUT2D eigenvalue weighted by Gasteiger charge is -2.21. The lowest BCUT2D eigenvalue weighted by molar-refractivity contribution is -0.116. The van der Waals surface area contributed by atoms with Crippen LogP contribution in [0.1, 0.15) is 44.0 Å². The highest BCUT2D eigenvalue weighted by molar-refractivity contribution is 5.95. The molecule has 0 saturated heterocycles. The van der Waals surface area contributed by atoms with Crippen LogP contribution in [0, 0.1) is 18.3 Å². The highest BCUT2D eigenvalue weighted by atomic mass is 16.2. The third kappa shape index (κ3) is 2.42. The van der Waals surface area contributed by atoms with E-state index in [9.17, 15) is 4.79 Å². The molecule has 2 aromatic heterocycles. The zero-order valence-corrected chi connectivity index (χ0v) is 16.3. The summed E-state index contributed by atoms with van der Waals surface area (Å²) in [4.78, 5) is 22.0. The average Bonchev–Trinajstić information content (AvgIpc) is 2.91. The van der Waals surface area contributed by atoms with Crippen LogP contribution in [0.5, 0.6) is 0 Å². The maximum absolute atomic E-state index is 12.0. The van der Waals surface area contributed by atoms with E-state index in [4.69, 9.17) is 4.98 Å². The summed E-state index contributed by atoms with van der Waals surface area (Å²) in [6.07, 6.45) is 3.50. The van der Waals surface area contributed by atoms with E-state index in [0.717, 1.165) is 52.6 Å². The van der Waals surface area contributed by atoms with Crippen molar-refractivity contribution < 1.29 is 4.79 Å². The van der Waals surface area contributed by atoms with Crippen molar-refractivity contribution in [3.63, 3.8) is 0 Å². The summed E-state index contributed by atoms with van der Waals surface area (Å²) in [5.41, 5.74) is 7.86. The topological polar surface area (TPSA) is 77.7 Å². The van der Waals surface area contributed by atoms with E-state index in [1.165, 1.54) is 17.7 Å². The molecule has 0 aliphatic heterocycles. The Kier molecular flexibility index (Phi) is 3.33. The minimum Gasteiger partial charge on any atom is -0.337 e. The third-order valence-electron chi connectivity index (χ3n) is 6.53. The van der Waals surface area contributed by atoms with Gasteiger partial charge >= 0.3 is 0 Å². The molecule has 2 aliphatic rings. The molecule has 1 amide bonds. The van der Waals surface area contributed by atoms with Gasteiger partial charge in [-0.1, -0.05) is 6.92 Å². The Bertz CT molecular complexity index is 1080. The molecule has 3 aromatic rings. The highest BCUT2D eigenvalue weighted by Crippen LogP contribution is 2.59. The summed E-state index contributed by atoms with van der Waals surface area (Å²) in [5, 5.41) is 7.84. The Balaban J connectivity index is 1.57. The molecule has 6 nitrogen and oxygen atoms in total. The van der Waals surface area contributed by atoms with Crippen molar-refractivity contribution in [3.05, 3.63) is 29.0 Å². The fraction of sp³-hybridized carbons (Fsp3) is 0.476. The lowest BCUT2D eigenvalue weighted by atomic mass is 9.88. The van der Waals surface area contributed by atoms with E-state index in [2.05, 4.69) is 28.2 Å². The minimum atomic E-state index is 0.0459. The Labute approximate surface area is 158 Å². The summed E-state index contributed by atoms with van der Waals surface area (Å²) in [5.74, 6) is 1.65. The summed E-state index contributed by atoms with van der Waals surface area (Å²) >= 11 is 0. The Morgan fingerprint density at radius 3 is 2.96 bits per heavy atom. The molecule has 1 saturated carbocycles. The van der Waals surface area contributed by atoms with E-state index < -0.39 is 0 Å². The maximum atomic E-state index is 12.0. The number of benzene rings is 1. The molecule has 1 aromatic carbocycles. The predicted molar refractivity (Wildman–Crippen MR) is 106 cm³/mol. The molecule has 2 N–H and O–H groups in total. The van der Waals surface area contributed by atoms with Gasteiger partial charge in [0.25, 0.3) is 0 Å². The van der Waals surface area contributed by atoms with Gasteiger partial charge in [-0.15, -0.1) is 0 Å². The number of carbonyl (C=O) groups excluding carboxylic acids is 1. The SMILES string of the molecule is CCN(C(C)=O)c1cc2nc(-c3n[nH]c4c3C[C@@H]3C[C@]3(C)C4)[nH]c2cc1C. The number of aromatic nitrogens is 4. The van der Waals surface area contributed by atoms with Gasteiger partial charge in [0.05, 0.1) is 11.0 Å². The van der Waals surface area contributed by atoms with Crippen LogP contribution in [0.2, 0.25) is 0 Å². The number of aryl methyl sites for hydroxylation is 1. The first-order chi connectivity index (χ1) is 12.9. The van der Waals surface area contributed by atoms with E-state index in [0.29, 0.717) is 12.0 Å². The molecule has 27 heavy (non-hydrogen) atoms. The molecule has 1 fully saturated rings. The summed E-state index contributed by atoms with van der Waals surface area (Å²) in [6.45, 7) is 8.64. The first kappa shape index (κ1) is 16.5. The van der Waals surface area contributed by atoms with Gasteiger partial charge in [-0.25, -0.2) is 4.98 Å². The van der Waals surface area contributed by atoms with Crippen molar-refractivity contribution in [3.8, 4) is 11.5 Å². The van der Waals surface area contributed by atoms with Crippen molar-refractivity contribution >= 4 is 22.6 Å². The second-order valence-corrected chi connectivity index (χ2v) is 8.47. The number of nitrogens with one attached hydrogen (secondary N) is 2. The second kappa shape index (κ2) is 5.44. The smallest absolute Gasteiger partial charge is 0.223 e. The van der Waals surface area contributed by atoms with Crippen molar-refractivity contribution in [2.75, 3.05) is 11.4 Å². The fourth-order valence-corrected chi connectivity index (χ4v) is 4.77. The molecule has 2 aliphatic carbocycles. The number of amides is 1. The number of rotatable bonds is 3. The molecule has 140 valence electrons. The molecule has 5 rings (SSSR count). The van der Waals surface area contributed by atoms with Gasteiger partial charge in [-0.2, -0.15) is 5.10 Å². The number of H-pyrrole nitrogens is 2. The van der Waals surface area contributed by atoms with E-state index in [1.807, 2.05) is 19.9 Å². The van der Waals surface area contributed by atoms with Gasteiger partial charge in [0.15, 0.2) is 5.82 Å². The number of nitrogens with zero attached hydrogens (tertiary/aromatic N) is 3. The van der Waals surface area contributed by atoms with Gasteiger partial charge in [0.2, 0.25) is 5.91 Å². The van der Waals surface area contributed by atoms with Crippen LogP contribution < -0.4 is 4.90 Å². The molecule has 0 unspecified atom stereocenters. The summed E-state index contributed by atoms with van der Waals surface area (Å²) < 4.78 is 0. The van der Waals surface area contributed by atoms with Gasteiger partial charge in [-0.3, -0.25) is 9.89 Å². The molecule has 0 radical (unpaired) electrons. The molecule has 0 spiro atoms. The Hall–Kier alpha value is -2.63. The predicted octanol–water partition coefficient (Wildman–Crippen LogP) is 3.76. The van der Waals surface area contributed by atoms with Crippen LogP contribution in [0.15, 0.2) is 12.1 Å². The number of hydrogen-bond donors (Lipinski definition) is 2. The molecule has 2 heterocycles. The average molecular weight is 363 g/mol. The monoisotopic (exact) mass is 363 g/mol. The van der Waals surface area contributed by atoms with E-state index >= 15 is 0 Å². The van der Waals surface area contributed by atoms with Crippen molar-refractivity contribution in [2.45, 2.75) is 47.0 Å². The standard InChI is InChI=1S/C21H25N5O/c1-5-26(12(3)27)18-8-16-15(6-11(18)2)22-20(23-16)19-14-7-13-9-21(13,4)10-17(14)24-25-19/h6,8,13H,5,7,9-10H2,1-4H3,(H,22,23)(H,24,25)/t13-,21-/m1/s1. The first-order valence-corrected chi connectivity index (χ1v) is 9.74. The van der Waals surface area contributed by atoms with Gasteiger partial charge in [0.1, 0.15) is 5.69 Å². The summed E-state index contributed by atoms with van der Waals surface area (Å²) in [6, 6.07) is 4.08. The zero-order valence-electron chi connectivity index (χ0n) is 16.3. The summed E-state index contributed by atoms with van der Waals surface area (Å²) in [7, 11) is 0. The Morgan fingerprint density at radius 1 is 1.41 bits per heavy atom. The zero-order chi connectivity index (χ0) is 18.9. The number of imidazole rings is 1. The van der Waals surface area contributed by atoms with Crippen LogP contribution in [-0.4, -0.2) is 32.6 Å². The van der Waals surface area contributed by atoms with Crippen molar-refractivity contribution in [1.29, 1.82) is 0 Å². The van der Waals surface area contributed by atoms with Crippen molar-refractivity contribution in [1.82, 2.24) is 20.2 Å². The fourth-order valence-electron chi connectivity index (χ4n) is 4.77. The van der Waals surface area contributed by atoms with Gasteiger partial charge < -0.3 is 9.88 Å². The Morgan fingerprint density at radius 2 is 2.22 bits per heavy atom. The van der Waals surface area contributed by atoms with Crippen LogP contribution in [0.3, 0.4) is 0 Å². The first-order valence-electron chi connectivity index (χ1n) is 9.74. The van der Waals surface area contributed by atoms with Crippen LogP contribution >= 0.6 is 0 Å². The lowest BCUT2D eigenvalue weighted by Crippen LogP contribution is -2.28. The van der Waals surface area contributed by atoms with Gasteiger partial charge in [-0.05, 0) is 62.1 Å². The second-order valence-electron chi connectivity index (χ2n) is 8.47. The van der Waals surface area contributed by atoms with Crippen LogP contribution in [0.4, 0.5) is 5.69 Å². The molecule has 0 bridgehead atoms. The maximum Gasteiger partial charge on any atom is 0.223 e. The molecule has 2 atom stereocenters. The van der Waals surface area contributed by atoms with E-state index in [1.54, 1.807) is 11.8 Å². The van der Waals surface area contributed by atoms with Crippen molar-refractivity contribution in [2.24, 2.45) is 11.3 Å². The number of hydrogen-bond acceptors (Lipinski definition) is 3. The minimum absolute atomic E-state index is 0.0459. The number of anilines is 1. The number of aromatic amines is 2. The number of carbonyl (C=O) groups is 1. The molecule has 6 heteroatoms. The third-order valence-corrected chi connectivity index (χ3v) is 6.53. The quantitative estimate of drug-likeness (QED) is 0.744. The van der Waals surface area contributed by atoms with Crippen LogP contribution in [0.25, 0.3) is 22.6 Å². The van der Waals surface area contributed by atoms with Gasteiger partial charge in [0, 0.05) is 30.4 Å². The largest absolute Gasteiger partial charge is 0.337 e. The molecular weight excluding hydrogens is 338 g/mol.